The van der Waals surface area contributed by atoms with Gasteiger partial charge in [-0.15, -0.1) is 11.3 Å². The molecule has 0 atom stereocenters. The molecular formula is C14H18N2O3S. The van der Waals surface area contributed by atoms with Gasteiger partial charge in [0, 0.05) is 18.5 Å². The van der Waals surface area contributed by atoms with Crippen LogP contribution in [0.25, 0.3) is 10.8 Å². The summed E-state index contributed by atoms with van der Waals surface area (Å²) in [7, 11) is 0. The number of thiazole rings is 1. The normalized spacial score (nSPS) is 10.7. The van der Waals surface area contributed by atoms with E-state index < -0.39 is 0 Å². The number of carbonyl (C=O) groups is 1. The topological polar surface area (TPSA) is 75.4 Å². The zero-order valence-corrected chi connectivity index (χ0v) is 12.0. The number of furan rings is 1. The first-order valence-electron chi connectivity index (χ1n) is 6.65. The molecule has 0 spiro atoms. The van der Waals surface area contributed by atoms with Gasteiger partial charge < -0.3 is 14.8 Å². The van der Waals surface area contributed by atoms with Gasteiger partial charge in [-0.05, 0) is 31.4 Å². The molecule has 2 N–H and O–H groups in total. The van der Waals surface area contributed by atoms with Gasteiger partial charge in [-0.1, -0.05) is 0 Å². The van der Waals surface area contributed by atoms with Crippen LogP contribution in [-0.2, 0) is 11.2 Å². The van der Waals surface area contributed by atoms with Crippen molar-refractivity contribution in [3.63, 3.8) is 0 Å². The Morgan fingerprint density at radius 2 is 2.30 bits per heavy atom. The predicted octanol–water partition coefficient (Wildman–Crippen LogP) is 2.22. The summed E-state index contributed by atoms with van der Waals surface area (Å²) in [5.41, 5.74) is 0.759. The third-order valence-corrected chi connectivity index (χ3v) is 3.69. The predicted molar refractivity (Wildman–Crippen MR) is 77.5 cm³/mol. The molecule has 1 amide bonds. The monoisotopic (exact) mass is 294 g/mol. The van der Waals surface area contributed by atoms with Crippen molar-refractivity contribution in [2.24, 2.45) is 0 Å². The lowest BCUT2D eigenvalue weighted by molar-refractivity contribution is -0.120. The molecule has 0 saturated heterocycles. The average Bonchev–Trinajstić information content (AvgIpc) is 3.08. The second kappa shape index (κ2) is 7.81. The quantitative estimate of drug-likeness (QED) is 0.732. The van der Waals surface area contributed by atoms with Crippen LogP contribution in [0, 0.1) is 0 Å². The minimum absolute atomic E-state index is 0.0229. The minimum atomic E-state index is -0.0229. The summed E-state index contributed by atoms with van der Waals surface area (Å²) < 4.78 is 5.27. The van der Waals surface area contributed by atoms with Gasteiger partial charge in [-0.2, -0.15) is 0 Å². The Kier molecular flexibility index (Phi) is 5.76. The van der Waals surface area contributed by atoms with Crippen LogP contribution in [-0.4, -0.2) is 29.1 Å². The Morgan fingerprint density at radius 1 is 1.40 bits per heavy atom. The van der Waals surface area contributed by atoms with Gasteiger partial charge >= 0.3 is 0 Å². The van der Waals surface area contributed by atoms with Crippen LogP contribution in [0.4, 0.5) is 0 Å². The van der Waals surface area contributed by atoms with E-state index in [0.29, 0.717) is 6.54 Å². The van der Waals surface area contributed by atoms with Crippen molar-refractivity contribution in [1.82, 2.24) is 10.3 Å². The van der Waals surface area contributed by atoms with E-state index in [1.165, 1.54) is 11.3 Å². The maximum absolute atomic E-state index is 11.7. The van der Waals surface area contributed by atoms with Gasteiger partial charge in [-0.25, -0.2) is 4.98 Å². The fourth-order valence-electron chi connectivity index (χ4n) is 1.77. The number of aliphatic hydroxyl groups is 1. The van der Waals surface area contributed by atoms with Crippen molar-refractivity contribution in [2.75, 3.05) is 13.2 Å². The molecule has 0 fully saturated rings. The summed E-state index contributed by atoms with van der Waals surface area (Å²) >= 11 is 1.47. The number of aliphatic hydroxyl groups excluding tert-OH is 1. The highest BCUT2D eigenvalue weighted by atomic mass is 32.1. The molecule has 0 unspecified atom stereocenters. The van der Waals surface area contributed by atoms with E-state index in [4.69, 9.17) is 9.52 Å². The molecule has 5 nitrogen and oxygen atoms in total. The van der Waals surface area contributed by atoms with Crippen molar-refractivity contribution in [1.29, 1.82) is 0 Å². The molecule has 0 radical (unpaired) electrons. The molecule has 0 aromatic carbocycles. The Balaban J connectivity index is 1.74. The number of nitrogens with one attached hydrogen (secondary N) is 1. The van der Waals surface area contributed by atoms with E-state index in [1.54, 1.807) is 6.26 Å². The highest BCUT2D eigenvalue weighted by Crippen LogP contribution is 2.23. The van der Waals surface area contributed by atoms with Crippen molar-refractivity contribution in [3.8, 4) is 10.8 Å². The number of hydrogen-bond donors (Lipinski definition) is 2. The van der Waals surface area contributed by atoms with Crippen LogP contribution in [0.15, 0.2) is 28.2 Å². The lowest BCUT2D eigenvalue weighted by Crippen LogP contribution is -2.26. The third-order valence-electron chi connectivity index (χ3n) is 2.78. The third kappa shape index (κ3) is 4.47. The smallest absolute Gasteiger partial charge is 0.226 e. The van der Waals surface area contributed by atoms with Gasteiger partial charge in [-0.3, -0.25) is 4.79 Å². The Labute approximate surface area is 121 Å². The number of hydrogen-bond acceptors (Lipinski definition) is 5. The van der Waals surface area contributed by atoms with Crippen molar-refractivity contribution in [3.05, 3.63) is 29.5 Å². The lowest BCUT2D eigenvalue weighted by Gasteiger charge is -2.03. The molecule has 6 heteroatoms. The van der Waals surface area contributed by atoms with E-state index in [9.17, 15) is 4.79 Å². The number of aromatic nitrogens is 1. The largest absolute Gasteiger partial charge is 0.462 e. The standard InChI is InChI=1S/C14H18N2O3S/c17-7-3-1-2-6-15-13(18)9-11-10-20-14(16-11)12-5-4-8-19-12/h4-5,8,10,17H,1-3,6-7,9H2,(H,15,18). The number of amides is 1. The summed E-state index contributed by atoms with van der Waals surface area (Å²) in [5.74, 6) is 0.705. The van der Waals surface area contributed by atoms with Gasteiger partial charge in [0.25, 0.3) is 0 Å². The average molecular weight is 294 g/mol. The summed E-state index contributed by atoms with van der Waals surface area (Å²) in [4.78, 5) is 16.1. The van der Waals surface area contributed by atoms with E-state index >= 15 is 0 Å². The second-order valence-electron chi connectivity index (χ2n) is 4.43. The van der Waals surface area contributed by atoms with Crippen LogP contribution in [0.2, 0.25) is 0 Å². The van der Waals surface area contributed by atoms with Crippen LogP contribution in [0.5, 0.6) is 0 Å². The molecule has 2 aromatic rings. The van der Waals surface area contributed by atoms with E-state index in [1.807, 2.05) is 17.5 Å². The maximum Gasteiger partial charge on any atom is 0.226 e. The first-order valence-corrected chi connectivity index (χ1v) is 7.53. The molecule has 0 aliphatic carbocycles. The number of carbonyl (C=O) groups excluding carboxylic acids is 1. The van der Waals surface area contributed by atoms with E-state index in [-0.39, 0.29) is 18.9 Å². The SMILES string of the molecule is O=C(Cc1csc(-c2ccco2)n1)NCCCCCO. The van der Waals surface area contributed by atoms with Gasteiger partial charge in [0.05, 0.1) is 18.4 Å². The zero-order valence-electron chi connectivity index (χ0n) is 11.2. The summed E-state index contributed by atoms with van der Waals surface area (Å²) in [5, 5.41) is 14.2. The first kappa shape index (κ1) is 14.7. The lowest BCUT2D eigenvalue weighted by atomic mass is 10.2. The van der Waals surface area contributed by atoms with Gasteiger partial charge in [0.15, 0.2) is 10.8 Å². The molecule has 0 bridgehead atoms. The number of nitrogens with zero attached hydrogens (tertiary/aromatic N) is 1. The molecule has 108 valence electrons. The molecule has 2 heterocycles. The van der Waals surface area contributed by atoms with Crippen molar-refractivity contribution in [2.45, 2.75) is 25.7 Å². The summed E-state index contributed by atoms with van der Waals surface area (Å²) in [6.07, 6.45) is 4.50. The van der Waals surface area contributed by atoms with E-state index in [0.717, 1.165) is 35.7 Å². The Bertz CT molecular complexity index is 522. The molecule has 0 aliphatic rings. The van der Waals surface area contributed by atoms with Crippen molar-refractivity contribution < 1.29 is 14.3 Å². The van der Waals surface area contributed by atoms with Crippen LogP contribution < -0.4 is 5.32 Å². The summed E-state index contributed by atoms with van der Waals surface area (Å²) in [6, 6.07) is 3.67. The fraction of sp³-hybridized carbons (Fsp3) is 0.429. The minimum Gasteiger partial charge on any atom is -0.462 e. The fourth-order valence-corrected chi connectivity index (χ4v) is 2.56. The van der Waals surface area contributed by atoms with Crippen LogP contribution in [0.1, 0.15) is 25.0 Å². The molecular weight excluding hydrogens is 276 g/mol. The van der Waals surface area contributed by atoms with Crippen LogP contribution in [0.3, 0.4) is 0 Å². The molecule has 0 saturated carbocycles. The maximum atomic E-state index is 11.7. The first-order chi connectivity index (χ1) is 9.79. The summed E-state index contributed by atoms with van der Waals surface area (Å²) in [6.45, 7) is 0.857. The zero-order chi connectivity index (χ0) is 14.2. The number of unbranched alkanes of at least 4 members (excludes halogenated alkanes) is 2. The van der Waals surface area contributed by atoms with Crippen molar-refractivity contribution >= 4 is 17.2 Å². The highest BCUT2D eigenvalue weighted by Gasteiger charge is 2.10. The molecule has 0 aliphatic heterocycles. The number of rotatable bonds is 8. The Hall–Kier alpha value is -1.66. The van der Waals surface area contributed by atoms with Gasteiger partial charge in [0.2, 0.25) is 5.91 Å². The Morgan fingerprint density at radius 3 is 3.05 bits per heavy atom. The van der Waals surface area contributed by atoms with E-state index in [2.05, 4.69) is 10.3 Å². The second-order valence-corrected chi connectivity index (χ2v) is 5.29. The molecule has 2 aromatic heterocycles. The van der Waals surface area contributed by atoms with Gasteiger partial charge in [0.1, 0.15) is 0 Å². The highest BCUT2D eigenvalue weighted by molar-refractivity contribution is 7.13. The molecule has 20 heavy (non-hydrogen) atoms. The molecule has 2 rings (SSSR count). The van der Waals surface area contributed by atoms with Crippen LogP contribution >= 0.6 is 11.3 Å².